The lowest BCUT2D eigenvalue weighted by atomic mass is 9.94. The van der Waals surface area contributed by atoms with E-state index in [1.165, 1.54) is 0 Å². The molecular formula is C12H22N2O. The van der Waals surface area contributed by atoms with Gasteiger partial charge in [0.15, 0.2) is 0 Å². The van der Waals surface area contributed by atoms with E-state index in [2.05, 4.69) is 18.0 Å². The molecule has 1 rings (SSSR count). The Bertz CT molecular complexity index is 226. The molecule has 0 amide bonds. The number of nitrogens with zero attached hydrogens (tertiary/aromatic N) is 2. The van der Waals surface area contributed by atoms with Crippen molar-refractivity contribution in [3.05, 3.63) is 0 Å². The zero-order valence-electron chi connectivity index (χ0n) is 10.1. The molecular weight excluding hydrogens is 188 g/mol. The van der Waals surface area contributed by atoms with Gasteiger partial charge in [-0.05, 0) is 39.7 Å². The molecule has 1 heterocycles. The van der Waals surface area contributed by atoms with Crippen molar-refractivity contribution in [1.29, 1.82) is 5.26 Å². The summed E-state index contributed by atoms with van der Waals surface area (Å²) in [7, 11) is 2.11. The summed E-state index contributed by atoms with van der Waals surface area (Å²) in [5.74, 6) is 0.748. The Morgan fingerprint density at radius 3 is 2.53 bits per heavy atom. The summed E-state index contributed by atoms with van der Waals surface area (Å²) in [4.78, 5) is 2.28. The molecule has 0 unspecified atom stereocenters. The van der Waals surface area contributed by atoms with Gasteiger partial charge in [-0.15, -0.1) is 0 Å². The van der Waals surface area contributed by atoms with Crippen molar-refractivity contribution in [1.82, 2.24) is 4.90 Å². The van der Waals surface area contributed by atoms with Crippen molar-refractivity contribution in [2.45, 2.75) is 26.7 Å². The third-order valence-corrected chi connectivity index (χ3v) is 2.88. The maximum Gasteiger partial charge on any atom is 0.0697 e. The summed E-state index contributed by atoms with van der Waals surface area (Å²) in [6.45, 7) is 7.73. The number of ether oxygens (including phenoxy) is 1. The first-order chi connectivity index (χ1) is 7.03. The smallest absolute Gasteiger partial charge is 0.0697 e. The molecule has 0 atom stereocenters. The van der Waals surface area contributed by atoms with Crippen LogP contribution in [0.3, 0.4) is 0 Å². The second kappa shape index (κ2) is 5.48. The molecule has 0 aromatic heterocycles. The third-order valence-electron chi connectivity index (χ3n) is 2.88. The van der Waals surface area contributed by atoms with Crippen molar-refractivity contribution in [3.63, 3.8) is 0 Å². The molecule has 0 aromatic carbocycles. The normalized spacial score (nSPS) is 19.1. The van der Waals surface area contributed by atoms with E-state index in [-0.39, 0.29) is 5.41 Å². The molecule has 86 valence electrons. The number of hydrogen-bond acceptors (Lipinski definition) is 3. The van der Waals surface area contributed by atoms with E-state index in [1.54, 1.807) is 0 Å². The van der Waals surface area contributed by atoms with Gasteiger partial charge in [0.05, 0.1) is 11.5 Å². The van der Waals surface area contributed by atoms with Crippen molar-refractivity contribution in [3.8, 4) is 6.07 Å². The summed E-state index contributed by atoms with van der Waals surface area (Å²) >= 11 is 0. The maximum absolute atomic E-state index is 8.95. The molecule has 0 bridgehead atoms. The molecule has 0 aliphatic carbocycles. The number of nitriles is 1. The maximum atomic E-state index is 8.95. The van der Waals surface area contributed by atoms with Crippen molar-refractivity contribution >= 4 is 0 Å². The van der Waals surface area contributed by atoms with E-state index in [4.69, 9.17) is 10.00 Å². The lowest BCUT2D eigenvalue weighted by molar-refractivity contribution is 0.0532. The fraction of sp³-hybridized carbons (Fsp3) is 0.917. The van der Waals surface area contributed by atoms with Gasteiger partial charge < -0.3 is 9.64 Å². The Morgan fingerprint density at radius 2 is 2.00 bits per heavy atom. The first-order valence-corrected chi connectivity index (χ1v) is 5.71. The summed E-state index contributed by atoms with van der Waals surface area (Å²) in [5.41, 5.74) is -0.236. The molecule has 0 aromatic rings. The highest BCUT2D eigenvalue weighted by molar-refractivity contribution is 4.93. The van der Waals surface area contributed by atoms with Crippen LogP contribution in [0.5, 0.6) is 0 Å². The summed E-state index contributed by atoms with van der Waals surface area (Å²) in [6.07, 6.45) is 2.33. The molecule has 1 aliphatic rings. The molecule has 0 N–H and O–H groups in total. The van der Waals surface area contributed by atoms with Gasteiger partial charge in [0.2, 0.25) is 0 Å². The van der Waals surface area contributed by atoms with E-state index in [1.807, 2.05) is 13.8 Å². The molecule has 0 radical (unpaired) electrons. The van der Waals surface area contributed by atoms with E-state index in [9.17, 15) is 0 Å². The van der Waals surface area contributed by atoms with E-state index in [0.29, 0.717) is 0 Å². The van der Waals surface area contributed by atoms with Gasteiger partial charge in [-0.2, -0.15) is 5.26 Å². The molecule has 15 heavy (non-hydrogen) atoms. The van der Waals surface area contributed by atoms with Gasteiger partial charge in [0.25, 0.3) is 0 Å². The fourth-order valence-corrected chi connectivity index (χ4v) is 2.14. The first kappa shape index (κ1) is 12.5. The predicted molar refractivity (Wildman–Crippen MR) is 60.4 cm³/mol. The molecule has 1 aliphatic heterocycles. The second-order valence-corrected chi connectivity index (χ2v) is 5.25. The Balaban J connectivity index is 2.29. The van der Waals surface area contributed by atoms with Gasteiger partial charge in [-0.1, -0.05) is 0 Å². The Hall–Kier alpha value is -0.590. The zero-order valence-corrected chi connectivity index (χ0v) is 10.1. The average molecular weight is 210 g/mol. The molecule has 1 fully saturated rings. The van der Waals surface area contributed by atoms with Crippen LogP contribution in [-0.4, -0.2) is 38.3 Å². The molecule has 0 saturated carbocycles. The predicted octanol–water partition coefficient (Wildman–Crippen LogP) is 1.89. The van der Waals surface area contributed by atoms with Gasteiger partial charge in [-0.3, -0.25) is 0 Å². The van der Waals surface area contributed by atoms with E-state index in [0.717, 1.165) is 45.1 Å². The SMILES string of the molecule is CN(CC1CCOCC1)CC(C)(C)C#N. The third kappa shape index (κ3) is 4.63. The quantitative estimate of drug-likeness (QED) is 0.711. The summed E-state index contributed by atoms with van der Waals surface area (Å²) in [5, 5.41) is 8.95. The van der Waals surface area contributed by atoms with E-state index >= 15 is 0 Å². The molecule has 3 heteroatoms. The fourth-order valence-electron chi connectivity index (χ4n) is 2.14. The van der Waals surface area contributed by atoms with Crippen LogP contribution in [-0.2, 0) is 4.74 Å². The highest BCUT2D eigenvalue weighted by atomic mass is 16.5. The van der Waals surface area contributed by atoms with Crippen LogP contribution in [0.2, 0.25) is 0 Å². The average Bonchev–Trinajstić information content (AvgIpc) is 2.18. The molecule has 0 spiro atoms. The van der Waals surface area contributed by atoms with Crippen LogP contribution in [0.1, 0.15) is 26.7 Å². The van der Waals surface area contributed by atoms with Crippen LogP contribution in [0.25, 0.3) is 0 Å². The van der Waals surface area contributed by atoms with Gasteiger partial charge in [0, 0.05) is 26.3 Å². The van der Waals surface area contributed by atoms with Crippen LogP contribution in [0.15, 0.2) is 0 Å². The minimum atomic E-state index is -0.236. The van der Waals surface area contributed by atoms with Crippen LogP contribution in [0.4, 0.5) is 0 Å². The summed E-state index contributed by atoms with van der Waals surface area (Å²) in [6, 6.07) is 2.34. The molecule has 3 nitrogen and oxygen atoms in total. The van der Waals surface area contributed by atoms with Crippen molar-refractivity contribution in [2.24, 2.45) is 11.3 Å². The van der Waals surface area contributed by atoms with Gasteiger partial charge in [0.1, 0.15) is 0 Å². The first-order valence-electron chi connectivity index (χ1n) is 5.71. The Kier molecular flexibility index (Phi) is 4.56. The Labute approximate surface area is 93.0 Å². The highest BCUT2D eigenvalue weighted by Gasteiger charge is 2.22. The second-order valence-electron chi connectivity index (χ2n) is 5.25. The lowest BCUT2D eigenvalue weighted by Gasteiger charge is -2.30. The van der Waals surface area contributed by atoms with Crippen LogP contribution in [0, 0.1) is 22.7 Å². The lowest BCUT2D eigenvalue weighted by Crippen LogP contribution is -2.35. The van der Waals surface area contributed by atoms with Crippen molar-refractivity contribution in [2.75, 3.05) is 33.4 Å². The monoisotopic (exact) mass is 210 g/mol. The minimum absolute atomic E-state index is 0.236. The van der Waals surface area contributed by atoms with Crippen LogP contribution >= 0.6 is 0 Å². The highest BCUT2D eigenvalue weighted by Crippen LogP contribution is 2.19. The molecule has 1 saturated heterocycles. The van der Waals surface area contributed by atoms with Crippen molar-refractivity contribution < 1.29 is 4.74 Å². The van der Waals surface area contributed by atoms with Gasteiger partial charge >= 0.3 is 0 Å². The van der Waals surface area contributed by atoms with E-state index < -0.39 is 0 Å². The van der Waals surface area contributed by atoms with Crippen LogP contribution < -0.4 is 0 Å². The summed E-state index contributed by atoms with van der Waals surface area (Å²) < 4.78 is 5.33. The topological polar surface area (TPSA) is 36.3 Å². The number of hydrogen-bond donors (Lipinski definition) is 0. The van der Waals surface area contributed by atoms with Gasteiger partial charge in [-0.25, -0.2) is 0 Å². The Morgan fingerprint density at radius 1 is 1.40 bits per heavy atom. The largest absolute Gasteiger partial charge is 0.381 e. The standard InChI is InChI=1S/C12H22N2O/c1-12(2,9-13)10-14(3)8-11-4-6-15-7-5-11/h11H,4-8,10H2,1-3H3. The number of rotatable bonds is 4. The minimum Gasteiger partial charge on any atom is -0.381 e. The zero-order chi connectivity index (χ0) is 11.3.